The average molecular weight is 292 g/mol. The lowest BCUT2D eigenvalue weighted by Gasteiger charge is -2.32. The molecule has 0 unspecified atom stereocenters. The number of piperazine rings is 1. The van der Waals surface area contributed by atoms with E-state index in [0.29, 0.717) is 5.75 Å². The number of amides is 1. The van der Waals surface area contributed by atoms with Gasteiger partial charge in [-0.1, -0.05) is 11.6 Å². The van der Waals surface area contributed by atoms with E-state index in [9.17, 15) is 9.90 Å². The first kappa shape index (κ1) is 15.8. The normalized spacial score (nSPS) is 17.6. The van der Waals surface area contributed by atoms with E-state index in [1.807, 2.05) is 30.0 Å². The average Bonchev–Trinajstić information content (AvgIpc) is 2.46. The van der Waals surface area contributed by atoms with Crippen molar-refractivity contribution < 1.29 is 14.6 Å². The highest BCUT2D eigenvalue weighted by atomic mass is 16.5. The van der Waals surface area contributed by atoms with Gasteiger partial charge in [0.2, 0.25) is 0 Å². The van der Waals surface area contributed by atoms with Gasteiger partial charge in [0.15, 0.2) is 6.61 Å². The van der Waals surface area contributed by atoms with Gasteiger partial charge in [-0.15, -0.1) is 0 Å². The summed E-state index contributed by atoms with van der Waals surface area (Å²) >= 11 is 0. The van der Waals surface area contributed by atoms with Crippen molar-refractivity contribution in [1.82, 2.24) is 9.80 Å². The summed E-state index contributed by atoms with van der Waals surface area (Å²) in [6.45, 7) is 6.97. The number of carbonyl (C=O) groups excluding carboxylic acids is 1. The van der Waals surface area contributed by atoms with Gasteiger partial charge in [0.25, 0.3) is 5.91 Å². The number of benzene rings is 1. The van der Waals surface area contributed by atoms with Crippen LogP contribution in [0.3, 0.4) is 0 Å². The molecular weight excluding hydrogens is 268 g/mol. The van der Waals surface area contributed by atoms with Crippen molar-refractivity contribution in [1.29, 1.82) is 0 Å². The van der Waals surface area contributed by atoms with Crippen LogP contribution >= 0.6 is 0 Å². The molecule has 1 aliphatic heterocycles. The maximum atomic E-state index is 12.1. The second-order valence-corrected chi connectivity index (χ2v) is 5.69. The smallest absolute Gasteiger partial charge is 0.260 e. The fraction of sp³-hybridized carbons (Fsp3) is 0.562. The topological polar surface area (TPSA) is 53.0 Å². The van der Waals surface area contributed by atoms with Gasteiger partial charge in [0.1, 0.15) is 5.75 Å². The molecule has 5 nitrogen and oxygen atoms in total. The summed E-state index contributed by atoms with van der Waals surface area (Å²) in [5.74, 6) is 0.582. The quantitative estimate of drug-likeness (QED) is 0.906. The Kier molecular flexibility index (Phi) is 5.20. The number of ether oxygens (including phenoxy) is 1. The first-order chi connectivity index (χ1) is 9.97. The molecule has 1 amide bonds. The van der Waals surface area contributed by atoms with Crippen molar-refractivity contribution in [3.05, 3.63) is 29.3 Å². The number of carbonyl (C=O) groups is 1. The zero-order chi connectivity index (χ0) is 15.4. The molecule has 1 N–H and O–H groups in total. The molecule has 21 heavy (non-hydrogen) atoms. The van der Waals surface area contributed by atoms with Gasteiger partial charge >= 0.3 is 0 Å². The third-order valence-corrected chi connectivity index (χ3v) is 3.82. The van der Waals surface area contributed by atoms with Crippen LogP contribution < -0.4 is 4.74 Å². The second-order valence-electron chi connectivity index (χ2n) is 5.69. The van der Waals surface area contributed by atoms with Crippen molar-refractivity contribution in [2.45, 2.75) is 20.0 Å². The molecule has 116 valence electrons. The molecule has 1 heterocycles. The van der Waals surface area contributed by atoms with Crippen molar-refractivity contribution in [3.63, 3.8) is 0 Å². The molecule has 0 aliphatic carbocycles. The molecule has 1 atom stereocenters. The Labute approximate surface area is 126 Å². The lowest BCUT2D eigenvalue weighted by Crippen LogP contribution is -2.48. The van der Waals surface area contributed by atoms with Crippen LogP contribution in [0.25, 0.3) is 0 Å². The summed E-state index contributed by atoms with van der Waals surface area (Å²) in [7, 11) is 2.06. The molecule has 0 saturated carbocycles. The van der Waals surface area contributed by atoms with Crippen LogP contribution in [-0.4, -0.2) is 60.6 Å². The number of hydrogen-bond donors (Lipinski definition) is 1. The van der Waals surface area contributed by atoms with E-state index in [1.165, 1.54) is 0 Å². The number of aliphatic hydroxyl groups excluding tert-OH is 1. The fourth-order valence-electron chi connectivity index (χ4n) is 2.41. The summed E-state index contributed by atoms with van der Waals surface area (Å²) in [5.41, 5.74) is 1.78. The van der Waals surface area contributed by atoms with Crippen molar-refractivity contribution in [2.75, 3.05) is 39.8 Å². The summed E-state index contributed by atoms with van der Waals surface area (Å²) in [6.07, 6.45) is -0.612. The van der Waals surface area contributed by atoms with Crippen LogP contribution in [0.2, 0.25) is 0 Å². The molecule has 1 aromatic rings. The van der Waals surface area contributed by atoms with Crippen molar-refractivity contribution in [3.8, 4) is 5.75 Å². The predicted octanol–water partition coefficient (Wildman–Crippen LogP) is 1.20. The van der Waals surface area contributed by atoms with Crippen molar-refractivity contribution in [2.24, 2.45) is 0 Å². The summed E-state index contributed by atoms with van der Waals surface area (Å²) in [4.78, 5) is 16.2. The lowest BCUT2D eigenvalue weighted by molar-refractivity contribution is -0.134. The highest BCUT2D eigenvalue weighted by Gasteiger charge is 2.20. The van der Waals surface area contributed by atoms with E-state index < -0.39 is 6.10 Å². The van der Waals surface area contributed by atoms with Crippen LogP contribution in [0.15, 0.2) is 18.2 Å². The first-order valence-electron chi connectivity index (χ1n) is 7.35. The summed E-state index contributed by atoms with van der Waals surface area (Å²) in [5, 5.41) is 9.79. The minimum atomic E-state index is -0.612. The van der Waals surface area contributed by atoms with Gasteiger partial charge in [-0.05, 0) is 33.0 Å². The van der Waals surface area contributed by atoms with Gasteiger partial charge in [0, 0.05) is 31.7 Å². The van der Waals surface area contributed by atoms with Gasteiger partial charge in [-0.25, -0.2) is 0 Å². The Morgan fingerprint density at radius 3 is 2.62 bits per heavy atom. The van der Waals surface area contributed by atoms with E-state index in [1.54, 1.807) is 6.92 Å². The van der Waals surface area contributed by atoms with E-state index >= 15 is 0 Å². The Balaban J connectivity index is 1.95. The van der Waals surface area contributed by atoms with Crippen LogP contribution in [0, 0.1) is 6.92 Å². The Hall–Kier alpha value is -1.59. The third-order valence-electron chi connectivity index (χ3n) is 3.82. The number of rotatable bonds is 4. The number of nitrogens with zero attached hydrogens (tertiary/aromatic N) is 2. The molecular formula is C16H24N2O3. The van der Waals surface area contributed by atoms with E-state index in [0.717, 1.165) is 37.3 Å². The van der Waals surface area contributed by atoms with Crippen LogP contribution in [0.5, 0.6) is 5.75 Å². The third kappa shape index (κ3) is 4.19. The largest absolute Gasteiger partial charge is 0.483 e. The van der Waals surface area contributed by atoms with E-state index in [-0.39, 0.29) is 12.5 Å². The molecule has 1 fully saturated rings. The highest BCUT2D eigenvalue weighted by Crippen LogP contribution is 2.26. The van der Waals surface area contributed by atoms with Gasteiger partial charge in [-0.2, -0.15) is 0 Å². The highest BCUT2D eigenvalue weighted by molar-refractivity contribution is 5.78. The molecule has 2 rings (SSSR count). The minimum absolute atomic E-state index is 0.000202. The number of likely N-dealkylation sites (N-methyl/N-ethyl adjacent to an activating group) is 1. The predicted molar refractivity (Wildman–Crippen MR) is 81.4 cm³/mol. The van der Waals surface area contributed by atoms with Gasteiger partial charge in [0.05, 0.1) is 6.10 Å². The van der Waals surface area contributed by atoms with E-state index in [2.05, 4.69) is 11.9 Å². The molecule has 1 aliphatic rings. The van der Waals surface area contributed by atoms with Crippen molar-refractivity contribution >= 4 is 5.91 Å². The molecule has 5 heteroatoms. The number of hydrogen-bond acceptors (Lipinski definition) is 4. The maximum absolute atomic E-state index is 12.1. The molecule has 0 spiro atoms. The standard InChI is InChI=1S/C16H24N2O3/c1-12-4-5-15(14(10-12)13(2)19)21-11-16(20)18-8-6-17(3)7-9-18/h4-5,10,13,19H,6-9,11H2,1-3H3/t13-/m0/s1. The first-order valence-corrected chi connectivity index (χ1v) is 7.35. The lowest BCUT2D eigenvalue weighted by atomic mass is 10.1. The SMILES string of the molecule is Cc1ccc(OCC(=O)N2CCN(C)CC2)c([C@H](C)O)c1. The molecule has 0 bridgehead atoms. The minimum Gasteiger partial charge on any atom is -0.483 e. The number of aryl methyl sites for hydroxylation is 1. The van der Waals surface area contributed by atoms with Crippen LogP contribution in [-0.2, 0) is 4.79 Å². The van der Waals surface area contributed by atoms with Gasteiger partial charge < -0.3 is 19.6 Å². The van der Waals surface area contributed by atoms with Crippen LogP contribution in [0.4, 0.5) is 0 Å². The molecule has 1 saturated heterocycles. The van der Waals surface area contributed by atoms with E-state index in [4.69, 9.17) is 4.74 Å². The second kappa shape index (κ2) is 6.91. The Morgan fingerprint density at radius 1 is 1.33 bits per heavy atom. The fourth-order valence-corrected chi connectivity index (χ4v) is 2.41. The summed E-state index contributed by atoms with van der Waals surface area (Å²) < 4.78 is 5.63. The Bertz CT molecular complexity index is 494. The molecule has 0 radical (unpaired) electrons. The Morgan fingerprint density at radius 2 is 2.00 bits per heavy atom. The molecule has 0 aromatic heterocycles. The maximum Gasteiger partial charge on any atom is 0.260 e. The van der Waals surface area contributed by atoms with Gasteiger partial charge in [-0.3, -0.25) is 4.79 Å². The monoisotopic (exact) mass is 292 g/mol. The van der Waals surface area contributed by atoms with Crippen LogP contribution in [0.1, 0.15) is 24.2 Å². The zero-order valence-corrected chi connectivity index (χ0v) is 13.0. The number of aliphatic hydroxyl groups is 1. The summed E-state index contributed by atoms with van der Waals surface area (Å²) in [6, 6.07) is 5.62. The zero-order valence-electron chi connectivity index (χ0n) is 13.0. The molecule has 1 aromatic carbocycles.